The summed E-state index contributed by atoms with van der Waals surface area (Å²) in [7, 11) is 0. The topological polar surface area (TPSA) is 28.2 Å². The van der Waals surface area contributed by atoms with Crippen LogP contribution in [0.15, 0.2) is 18.2 Å². The van der Waals surface area contributed by atoms with Gasteiger partial charge in [0.2, 0.25) is 0 Å². The zero-order valence-electron chi connectivity index (χ0n) is 12.7. The Hall–Kier alpha value is -1.09. The number of piperidine rings is 1. The van der Waals surface area contributed by atoms with Gasteiger partial charge in [-0.05, 0) is 44.2 Å². The molecule has 2 rings (SSSR count). The van der Waals surface area contributed by atoms with Crippen LogP contribution < -0.4 is 5.32 Å². The Morgan fingerprint density at radius 1 is 1.32 bits per heavy atom. The van der Waals surface area contributed by atoms with E-state index < -0.39 is 0 Å². The minimum Gasteiger partial charge on any atom is -0.370 e. The van der Waals surface area contributed by atoms with Crippen molar-refractivity contribution in [1.82, 2.24) is 9.88 Å². The van der Waals surface area contributed by atoms with Gasteiger partial charge in [-0.1, -0.05) is 19.9 Å². The van der Waals surface area contributed by atoms with Gasteiger partial charge < -0.3 is 5.32 Å². The maximum absolute atomic E-state index is 4.69. The van der Waals surface area contributed by atoms with Gasteiger partial charge in [0, 0.05) is 25.7 Å². The number of anilines is 1. The van der Waals surface area contributed by atoms with E-state index in [9.17, 15) is 0 Å². The van der Waals surface area contributed by atoms with E-state index in [-0.39, 0.29) is 0 Å². The summed E-state index contributed by atoms with van der Waals surface area (Å²) in [5.41, 5.74) is 1.17. The van der Waals surface area contributed by atoms with Crippen molar-refractivity contribution in [3.8, 4) is 0 Å². The van der Waals surface area contributed by atoms with Gasteiger partial charge in [0.05, 0.1) is 5.69 Å². The summed E-state index contributed by atoms with van der Waals surface area (Å²) >= 11 is 0. The molecule has 1 fully saturated rings. The third-order valence-electron chi connectivity index (χ3n) is 4.25. The van der Waals surface area contributed by atoms with Gasteiger partial charge in [-0.3, -0.25) is 4.90 Å². The highest BCUT2D eigenvalue weighted by Gasteiger charge is 2.28. The van der Waals surface area contributed by atoms with Gasteiger partial charge in [0.1, 0.15) is 5.82 Å². The quantitative estimate of drug-likeness (QED) is 0.900. The maximum atomic E-state index is 4.69. The van der Waals surface area contributed by atoms with Crippen molar-refractivity contribution in [2.24, 2.45) is 11.8 Å². The van der Waals surface area contributed by atoms with Crippen molar-refractivity contribution in [1.29, 1.82) is 0 Å². The monoisotopic (exact) mass is 261 g/mol. The molecule has 1 N–H and O–H groups in total. The van der Waals surface area contributed by atoms with Crippen LogP contribution in [0.2, 0.25) is 0 Å². The molecular formula is C16H27N3. The number of nitrogens with one attached hydrogen (secondary N) is 1. The lowest BCUT2D eigenvalue weighted by atomic mass is 9.86. The van der Waals surface area contributed by atoms with E-state index in [1.165, 1.54) is 18.7 Å². The summed E-state index contributed by atoms with van der Waals surface area (Å²) in [5, 5.41) is 3.28. The molecule has 0 bridgehead atoms. The van der Waals surface area contributed by atoms with Crippen molar-refractivity contribution in [2.45, 2.75) is 46.7 Å². The Labute approximate surface area is 117 Å². The molecule has 0 radical (unpaired) electrons. The molecule has 0 amide bonds. The molecule has 0 aliphatic carbocycles. The molecule has 0 spiro atoms. The van der Waals surface area contributed by atoms with E-state index in [0.29, 0.717) is 6.04 Å². The Kier molecular flexibility index (Phi) is 4.81. The molecule has 3 atom stereocenters. The molecule has 0 saturated carbocycles. The minimum absolute atomic E-state index is 0.654. The van der Waals surface area contributed by atoms with Crippen molar-refractivity contribution in [2.75, 3.05) is 18.4 Å². The van der Waals surface area contributed by atoms with E-state index in [0.717, 1.165) is 30.7 Å². The summed E-state index contributed by atoms with van der Waals surface area (Å²) in [4.78, 5) is 7.27. The third kappa shape index (κ3) is 3.69. The third-order valence-corrected chi connectivity index (χ3v) is 4.25. The smallest absolute Gasteiger partial charge is 0.126 e. The molecule has 1 saturated heterocycles. The summed E-state index contributed by atoms with van der Waals surface area (Å²) in [6.07, 6.45) is 1.35. The first-order chi connectivity index (χ1) is 9.10. The molecule has 1 aromatic heterocycles. The number of likely N-dealkylation sites (tertiary alicyclic amines) is 1. The van der Waals surface area contributed by atoms with Crippen molar-refractivity contribution < 1.29 is 0 Å². The second-order valence-electron chi connectivity index (χ2n) is 6.03. The second-order valence-corrected chi connectivity index (χ2v) is 6.03. The van der Waals surface area contributed by atoms with Crippen LogP contribution >= 0.6 is 0 Å². The molecule has 1 aromatic rings. The van der Waals surface area contributed by atoms with Gasteiger partial charge in [-0.25, -0.2) is 4.98 Å². The molecule has 1 aliphatic rings. The molecule has 2 heterocycles. The Balaban J connectivity index is 2.05. The SMILES string of the molecule is CCNc1cccc(CN2CC(C)CC(C)C2C)n1. The van der Waals surface area contributed by atoms with Crippen LogP contribution in [-0.4, -0.2) is 29.0 Å². The van der Waals surface area contributed by atoms with Crippen molar-refractivity contribution >= 4 is 5.82 Å². The lowest BCUT2D eigenvalue weighted by molar-refractivity contribution is 0.0719. The number of nitrogens with zero attached hydrogens (tertiary/aromatic N) is 2. The maximum Gasteiger partial charge on any atom is 0.126 e. The number of hydrogen-bond donors (Lipinski definition) is 1. The highest BCUT2D eigenvalue weighted by atomic mass is 15.2. The Morgan fingerprint density at radius 2 is 2.11 bits per heavy atom. The lowest BCUT2D eigenvalue weighted by Gasteiger charge is -2.41. The summed E-state index contributed by atoms with van der Waals surface area (Å²) in [6.45, 7) is 12.3. The molecular weight excluding hydrogens is 234 g/mol. The van der Waals surface area contributed by atoms with Crippen LogP contribution in [0, 0.1) is 11.8 Å². The number of pyridine rings is 1. The fourth-order valence-corrected chi connectivity index (χ4v) is 3.10. The number of hydrogen-bond acceptors (Lipinski definition) is 3. The molecule has 3 heteroatoms. The molecule has 106 valence electrons. The highest BCUT2D eigenvalue weighted by Crippen LogP contribution is 2.27. The number of aromatic nitrogens is 1. The van der Waals surface area contributed by atoms with Crippen molar-refractivity contribution in [3.05, 3.63) is 23.9 Å². The predicted molar refractivity (Wildman–Crippen MR) is 81.2 cm³/mol. The average molecular weight is 261 g/mol. The van der Waals surface area contributed by atoms with Crippen LogP contribution in [0.5, 0.6) is 0 Å². The van der Waals surface area contributed by atoms with E-state index in [1.807, 2.05) is 6.07 Å². The van der Waals surface area contributed by atoms with E-state index in [4.69, 9.17) is 0 Å². The van der Waals surface area contributed by atoms with E-state index >= 15 is 0 Å². The van der Waals surface area contributed by atoms with Crippen LogP contribution in [0.25, 0.3) is 0 Å². The molecule has 1 aliphatic heterocycles. The van der Waals surface area contributed by atoms with E-state index in [1.54, 1.807) is 0 Å². The normalized spacial score (nSPS) is 28.3. The van der Waals surface area contributed by atoms with Gasteiger partial charge in [0.25, 0.3) is 0 Å². The highest BCUT2D eigenvalue weighted by molar-refractivity contribution is 5.35. The van der Waals surface area contributed by atoms with Crippen LogP contribution in [0.1, 0.15) is 39.8 Å². The minimum atomic E-state index is 0.654. The van der Waals surface area contributed by atoms with Crippen LogP contribution in [0.3, 0.4) is 0 Å². The average Bonchev–Trinajstić information content (AvgIpc) is 2.36. The standard InChI is InChI=1S/C16H27N3/c1-5-17-16-8-6-7-15(18-16)11-19-10-12(2)9-13(3)14(19)4/h6-8,12-14H,5,9-11H2,1-4H3,(H,17,18). The summed E-state index contributed by atoms with van der Waals surface area (Å²) in [5.74, 6) is 2.56. The second kappa shape index (κ2) is 6.38. The summed E-state index contributed by atoms with van der Waals surface area (Å²) in [6, 6.07) is 6.93. The zero-order chi connectivity index (χ0) is 13.8. The van der Waals surface area contributed by atoms with Crippen LogP contribution in [0.4, 0.5) is 5.82 Å². The first-order valence-electron chi connectivity index (χ1n) is 7.54. The predicted octanol–water partition coefficient (Wildman–Crippen LogP) is 3.38. The van der Waals surface area contributed by atoms with Gasteiger partial charge in [-0.2, -0.15) is 0 Å². The Morgan fingerprint density at radius 3 is 2.84 bits per heavy atom. The number of rotatable bonds is 4. The largest absolute Gasteiger partial charge is 0.370 e. The van der Waals surface area contributed by atoms with Crippen LogP contribution in [-0.2, 0) is 6.54 Å². The Bertz CT molecular complexity index is 405. The first kappa shape index (κ1) is 14.3. The van der Waals surface area contributed by atoms with Crippen molar-refractivity contribution in [3.63, 3.8) is 0 Å². The fraction of sp³-hybridized carbons (Fsp3) is 0.688. The molecule has 3 unspecified atom stereocenters. The zero-order valence-corrected chi connectivity index (χ0v) is 12.7. The van der Waals surface area contributed by atoms with E-state index in [2.05, 4.69) is 55.0 Å². The lowest BCUT2D eigenvalue weighted by Crippen LogP contribution is -2.45. The van der Waals surface area contributed by atoms with Gasteiger partial charge in [-0.15, -0.1) is 0 Å². The molecule has 19 heavy (non-hydrogen) atoms. The fourth-order valence-electron chi connectivity index (χ4n) is 3.10. The first-order valence-corrected chi connectivity index (χ1v) is 7.54. The van der Waals surface area contributed by atoms with Gasteiger partial charge >= 0.3 is 0 Å². The molecule has 3 nitrogen and oxygen atoms in total. The van der Waals surface area contributed by atoms with Gasteiger partial charge in [0.15, 0.2) is 0 Å². The molecule has 0 aromatic carbocycles. The summed E-state index contributed by atoms with van der Waals surface area (Å²) < 4.78 is 0.